The number of carbonyl (C=O) groups is 2. The standard InChI is InChI=1S/C23H28BrClN2O3/c1-4-11-26-23(29)16(3)27(14-18-7-6-8-19(25)12-18)22(28)15-30-21-10-9-17(5-2)13-20(21)24/h6-10,12-13,16H,4-5,11,14-15H2,1-3H3,(H,26,29)/t16-/m0/s1. The monoisotopic (exact) mass is 494 g/mol. The zero-order valence-corrected chi connectivity index (χ0v) is 19.9. The smallest absolute Gasteiger partial charge is 0.261 e. The van der Waals surface area contributed by atoms with Gasteiger partial charge in [0.2, 0.25) is 5.91 Å². The summed E-state index contributed by atoms with van der Waals surface area (Å²) in [5.74, 6) is 0.118. The Bertz CT molecular complexity index is 875. The summed E-state index contributed by atoms with van der Waals surface area (Å²) in [6, 6.07) is 12.4. The van der Waals surface area contributed by atoms with E-state index in [1.165, 1.54) is 10.5 Å². The maximum absolute atomic E-state index is 13.0. The Morgan fingerprint density at radius 3 is 2.57 bits per heavy atom. The summed E-state index contributed by atoms with van der Waals surface area (Å²) in [5.41, 5.74) is 2.02. The van der Waals surface area contributed by atoms with Crippen LogP contribution in [0.3, 0.4) is 0 Å². The van der Waals surface area contributed by atoms with Crippen molar-refractivity contribution in [2.24, 2.45) is 0 Å². The van der Waals surface area contributed by atoms with Crippen LogP contribution in [0.2, 0.25) is 5.02 Å². The first-order chi connectivity index (χ1) is 14.3. The Morgan fingerprint density at radius 1 is 1.17 bits per heavy atom. The highest BCUT2D eigenvalue weighted by Crippen LogP contribution is 2.26. The fourth-order valence-corrected chi connectivity index (χ4v) is 3.67. The quantitative estimate of drug-likeness (QED) is 0.505. The second-order valence-corrected chi connectivity index (χ2v) is 8.32. The molecule has 2 rings (SSSR count). The van der Waals surface area contributed by atoms with Crippen LogP contribution in [0.25, 0.3) is 0 Å². The Kier molecular flexibility index (Phi) is 9.66. The summed E-state index contributed by atoms with van der Waals surface area (Å²) in [6.45, 7) is 6.43. The number of benzene rings is 2. The van der Waals surface area contributed by atoms with E-state index < -0.39 is 6.04 Å². The van der Waals surface area contributed by atoms with E-state index >= 15 is 0 Å². The van der Waals surface area contributed by atoms with Crippen LogP contribution in [0.15, 0.2) is 46.9 Å². The number of rotatable bonds is 10. The molecule has 1 N–H and O–H groups in total. The van der Waals surface area contributed by atoms with Gasteiger partial charge in [-0.05, 0) is 71.1 Å². The van der Waals surface area contributed by atoms with Crippen LogP contribution in [0.4, 0.5) is 0 Å². The van der Waals surface area contributed by atoms with Gasteiger partial charge in [-0.15, -0.1) is 0 Å². The molecule has 2 aromatic carbocycles. The molecule has 5 nitrogen and oxygen atoms in total. The molecular weight excluding hydrogens is 468 g/mol. The Labute approximate surface area is 191 Å². The van der Waals surface area contributed by atoms with Crippen LogP contribution in [0, 0.1) is 0 Å². The zero-order valence-electron chi connectivity index (χ0n) is 17.6. The first-order valence-corrected chi connectivity index (χ1v) is 11.3. The van der Waals surface area contributed by atoms with Gasteiger partial charge in [-0.2, -0.15) is 0 Å². The topological polar surface area (TPSA) is 58.6 Å². The van der Waals surface area contributed by atoms with Crippen molar-refractivity contribution < 1.29 is 14.3 Å². The molecule has 2 amide bonds. The highest BCUT2D eigenvalue weighted by Gasteiger charge is 2.26. The molecule has 0 saturated heterocycles. The highest BCUT2D eigenvalue weighted by molar-refractivity contribution is 9.10. The lowest BCUT2D eigenvalue weighted by molar-refractivity contribution is -0.142. The van der Waals surface area contributed by atoms with E-state index in [0.29, 0.717) is 17.3 Å². The van der Waals surface area contributed by atoms with Gasteiger partial charge in [-0.1, -0.05) is 43.6 Å². The molecule has 2 aromatic rings. The minimum atomic E-state index is -0.641. The van der Waals surface area contributed by atoms with E-state index in [4.69, 9.17) is 16.3 Å². The molecule has 7 heteroatoms. The summed E-state index contributed by atoms with van der Waals surface area (Å²) < 4.78 is 6.55. The molecular formula is C23H28BrClN2O3. The van der Waals surface area contributed by atoms with E-state index in [9.17, 15) is 9.59 Å². The number of ether oxygens (including phenoxy) is 1. The van der Waals surface area contributed by atoms with Gasteiger partial charge in [0.1, 0.15) is 11.8 Å². The predicted molar refractivity (Wildman–Crippen MR) is 124 cm³/mol. The molecule has 1 atom stereocenters. The van der Waals surface area contributed by atoms with E-state index in [0.717, 1.165) is 22.9 Å². The first-order valence-electron chi connectivity index (χ1n) is 10.1. The summed E-state index contributed by atoms with van der Waals surface area (Å²) in [6.07, 6.45) is 1.74. The number of nitrogens with zero attached hydrogens (tertiary/aromatic N) is 1. The van der Waals surface area contributed by atoms with Gasteiger partial charge < -0.3 is 15.0 Å². The maximum atomic E-state index is 13.0. The summed E-state index contributed by atoms with van der Waals surface area (Å²) >= 11 is 9.58. The van der Waals surface area contributed by atoms with Gasteiger partial charge in [0.15, 0.2) is 6.61 Å². The van der Waals surface area contributed by atoms with E-state index in [1.807, 2.05) is 37.3 Å². The molecule has 0 heterocycles. The summed E-state index contributed by atoms with van der Waals surface area (Å²) in [7, 11) is 0. The molecule has 30 heavy (non-hydrogen) atoms. The SMILES string of the molecule is CCCNC(=O)[C@H](C)N(Cc1cccc(Cl)c1)C(=O)COc1ccc(CC)cc1Br. The fourth-order valence-electron chi connectivity index (χ4n) is 2.91. The summed E-state index contributed by atoms with van der Waals surface area (Å²) in [4.78, 5) is 27.1. The Hall–Kier alpha value is -2.05. The number of hydrogen-bond donors (Lipinski definition) is 1. The predicted octanol–water partition coefficient (Wildman–Crippen LogP) is 4.99. The minimum absolute atomic E-state index is 0.171. The largest absolute Gasteiger partial charge is 0.483 e. The van der Waals surface area contributed by atoms with Crippen molar-refractivity contribution in [1.29, 1.82) is 0 Å². The van der Waals surface area contributed by atoms with E-state index in [2.05, 4.69) is 28.2 Å². The molecule has 0 radical (unpaired) electrons. The van der Waals surface area contributed by atoms with Gasteiger partial charge in [0, 0.05) is 18.1 Å². The average Bonchev–Trinajstić information content (AvgIpc) is 2.74. The number of amides is 2. The van der Waals surface area contributed by atoms with Crippen molar-refractivity contribution in [3.05, 3.63) is 63.1 Å². The average molecular weight is 496 g/mol. The second-order valence-electron chi connectivity index (χ2n) is 7.03. The number of aryl methyl sites for hydroxylation is 1. The van der Waals surface area contributed by atoms with Gasteiger partial charge in [0.05, 0.1) is 4.47 Å². The van der Waals surface area contributed by atoms with Crippen LogP contribution >= 0.6 is 27.5 Å². The second kappa shape index (κ2) is 12.0. The highest BCUT2D eigenvalue weighted by atomic mass is 79.9. The third kappa shape index (κ3) is 7.03. The van der Waals surface area contributed by atoms with Crippen molar-refractivity contribution in [3.63, 3.8) is 0 Å². The third-order valence-corrected chi connectivity index (χ3v) is 5.57. The van der Waals surface area contributed by atoms with Crippen molar-refractivity contribution in [3.8, 4) is 5.75 Å². The van der Waals surface area contributed by atoms with Crippen molar-refractivity contribution in [2.75, 3.05) is 13.2 Å². The van der Waals surface area contributed by atoms with Gasteiger partial charge >= 0.3 is 0 Å². The van der Waals surface area contributed by atoms with E-state index in [1.54, 1.807) is 19.1 Å². The molecule has 0 aromatic heterocycles. The lowest BCUT2D eigenvalue weighted by Gasteiger charge is -2.29. The van der Waals surface area contributed by atoms with E-state index in [-0.39, 0.29) is 25.0 Å². The molecule has 0 fully saturated rings. The zero-order chi connectivity index (χ0) is 22.1. The lowest BCUT2D eigenvalue weighted by atomic mass is 10.1. The summed E-state index contributed by atoms with van der Waals surface area (Å²) in [5, 5.41) is 3.44. The molecule has 0 unspecified atom stereocenters. The minimum Gasteiger partial charge on any atom is -0.483 e. The molecule has 0 aliphatic rings. The van der Waals surface area contributed by atoms with Crippen molar-refractivity contribution in [2.45, 2.75) is 46.2 Å². The van der Waals surface area contributed by atoms with Crippen LogP contribution < -0.4 is 10.1 Å². The molecule has 0 aliphatic carbocycles. The van der Waals surface area contributed by atoms with Gasteiger partial charge in [0.25, 0.3) is 5.91 Å². The van der Waals surface area contributed by atoms with Gasteiger partial charge in [-0.3, -0.25) is 9.59 Å². The lowest BCUT2D eigenvalue weighted by Crippen LogP contribution is -2.49. The normalized spacial score (nSPS) is 11.6. The van der Waals surface area contributed by atoms with Crippen molar-refractivity contribution >= 4 is 39.3 Å². The molecule has 0 spiro atoms. The first kappa shape index (κ1) is 24.2. The Morgan fingerprint density at radius 2 is 1.93 bits per heavy atom. The Balaban J connectivity index is 2.15. The van der Waals surface area contributed by atoms with Crippen molar-refractivity contribution in [1.82, 2.24) is 10.2 Å². The molecule has 0 saturated carbocycles. The number of hydrogen-bond acceptors (Lipinski definition) is 3. The molecule has 162 valence electrons. The molecule has 0 aliphatic heterocycles. The van der Waals surface area contributed by atoms with Crippen LogP contribution in [-0.4, -0.2) is 35.9 Å². The van der Waals surface area contributed by atoms with Crippen LogP contribution in [0.1, 0.15) is 38.3 Å². The van der Waals surface area contributed by atoms with Crippen LogP contribution in [0.5, 0.6) is 5.75 Å². The third-order valence-electron chi connectivity index (χ3n) is 4.71. The fraction of sp³-hybridized carbons (Fsp3) is 0.391. The number of nitrogens with one attached hydrogen (secondary N) is 1. The molecule has 0 bridgehead atoms. The maximum Gasteiger partial charge on any atom is 0.261 e. The number of carbonyl (C=O) groups excluding carboxylic acids is 2. The number of halogens is 2. The van der Waals surface area contributed by atoms with Crippen LogP contribution in [-0.2, 0) is 22.6 Å². The van der Waals surface area contributed by atoms with Gasteiger partial charge in [-0.25, -0.2) is 0 Å².